The van der Waals surface area contributed by atoms with Crippen LogP contribution in [0, 0.1) is 13.8 Å². The maximum Gasteiger partial charge on any atom is 0.139 e. The number of aromatic nitrogens is 2. The number of nitrogens with one attached hydrogen (secondary N) is 1. The predicted molar refractivity (Wildman–Crippen MR) is 89.4 cm³/mol. The van der Waals surface area contributed by atoms with Crippen LogP contribution in [0.15, 0.2) is 47.2 Å². The number of benzene rings is 1. The normalized spacial score (nSPS) is 11.2. The third kappa shape index (κ3) is 2.87. The van der Waals surface area contributed by atoms with Gasteiger partial charge in [-0.2, -0.15) is 0 Å². The van der Waals surface area contributed by atoms with E-state index in [4.69, 9.17) is 0 Å². The number of aryl methyl sites for hydroxylation is 2. The van der Waals surface area contributed by atoms with Crippen molar-refractivity contribution in [2.45, 2.75) is 26.9 Å². The van der Waals surface area contributed by atoms with Gasteiger partial charge in [-0.15, -0.1) is 0 Å². The zero-order valence-electron chi connectivity index (χ0n) is 12.2. The summed E-state index contributed by atoms with van der Waals surface area (Å²) in [4.78, 5) is 4.49. The fourth-order valence-corrected chi connectivity index (χ4v) is 2.91. The van der Waals surface area contributed by atoms with Gasteiger partial charge in [0.05, 0.1) is 11.9 Å². The predicted octanol–water partition coefficient (Wildman–Crippen LogP) is 4.00. The van der Waals surface area contributed by atoms with Crippen LogP contribution in [0.3, 0.4) is 0 Å². The Hall–Kier alpha value is -1.65. The topological polar surface area (TPSA) is 29.3 Å². The molecule has 3 rings (SSSR count). The molecule has 0 aliphatic rings. The lowest BCUT2D eigenvalue weighted by molar-refractivity contribution is 0.673. The molecule has 0 amide bonds. The Labute approximate surface area is 133 Å². The number of nitrogens with zero attached hydrogens (tertiary/aromatic N) is 2. The van der Waals surface area contributed by atoms with Crippen molar-refractivity contribution in [1.82, 2.24) is 14.7 Å². The molecule has 0 atom stereocenters. The average Bonchev–Trinajstić information content (AvgIpc) is 2.88. The van der Waals surface area contributed by atoms with Crippen LogP contribution in [0.1, 0.15) is 22.4 Å². The first kappa shape index (κ1) is 14.3. The maximum absolute atomic E-state index is 4.49. The highest BCUT2D eigenvalue weighted by molar-refractivity contribution is 9.10. The van der Waals surface area contributed by atoms with Crippen molar-refractivity contribution < 1.29 is 0 Å². The van der Waals surface area contributed by atoms with E-state index in [2.05, 4.69) is 81.0 Å². The summed E-state index contributed by atoms with van der Waals surface area (Å²) in [5.74, 6) is 0. The van der Waals surface area contributed by atoms with Gasteiger partial charge in [0.2, 0.25) is 0 Å². The van der Waals surface area contributed by atoms with Crippen LogP contribution in [0.2, 0.25) is 0 Å². The van der Waals surface area contributed by atoms with Gasteiger partial charge in [0, 0.05) is 23.8 Å². The molecule has 0 fully saturated rings. The molecule has 0 saturated carbocycles. The second-order valence-corrected chi connectivity index (χ2v) is 6.08. The lowest BCUT2D eigenvalue weighted by atomic mass is 10.1. The molecule has 0 aliphatic carbocycles. The molecular formula is C17H18BrN3. The van der Waals surface area contributed by atoms with E-state index >= 15 is 0 Å². The molecule has 0 spiro atoms. The summed E-state index contributed by atoms with van der Waals surface area (Å²) in [6.07, 6.45) is 4.01. The van der Waals surface area contributed by atoms with Gasteiger partial charge < -0.3 is 9.72 Å². The number of fused-ring (bicyclic) bond motifs is 1. The Balaban J connectivity index is 1.73. The highest BCUT2D eigenvalue weighted by Crippen LogP contribution is 2.21. The molecule has 3 nitrogen and oxygen atoms in total. The molecule has 0 radical (unpaired) electrons. The van der Waals surface area contributed by atoms with E-state index in [1.165, 1.54) is 26.9 Å². The van der Waals surface area contributed by atoms with Crippen molar-refractivity contribution in [3.05, 3.63) is 69.6 Å². The molecule has 3 aromatic rings. The molecule has 0 saturated heterocycles. The van der Waals surface area contributed by atoms with Crippen LogP contribution < -0.4 is 5.32 Å². The van der Waals surface area contributed by atoms with Crippen molar-refractivity contribution in [3.63, 3.8) is 0 Å². The molecule has 0 bridgehead atoms. The Morgan fingerprint density at radius 1 is 1.10 bits per heavy atom. The zero-order chi connectivity index (χ0) is 14.8. The number of imidazole rings is 1. The van der Waals surface area contributed by atoms with Crippen LogP contribution >= 0.6 is 15.9 Å². The van der Waals surface area contributed by atoms with E-state index in [1.54, 1.807) is 0 Å². The number of hydrogen-bond donors (Lipinski definition) is 1. The molecule has 108 valence electrons. The first-order valence-electron chi connectivity index (χ1n) is 7.03. The van der Waals surface area contributed by atoms with Crippen LogP contribution in [-0.4, -0.2) is 9.38 Å². The van der Waals surface area contributed by atoms with Crippen molar-refractivity contribution in [1.29, 1.82) is 0 Å². The minimum absolute atomic E-state index is 0.797. The molecule has 0 unspecified atom stereocenters. The molecule has 2 heterocycles. The fraction of sp³-hybridized carbons (Fsp3) is 0.235. The summed E-state index contributed by atoms with van der Waals surface area (Å²) in [6, 6.07) is 10.5. The summed E-state index contributed by atoms with van der Waals surface area (Å²) >= 11 is 3.65. The van der Waals surface area contributed by atoms with Crippen molar-refractivity contribution in [2.24, 2.45) is 0 Å². The third-order valence-corrected chi connectivity index (χ3v) is 4.84. The smallest absolute Gasteiger partial charge is 0.139 e. The van der Waals surface area contributed by atoms with Gasteiger partial charge in [-0.25, -0.2) is 4.98 Å². The molecule has 0 aliphatic heterocycles. The molecular weight excluding hydrogens is 326 g/mol. The third-order valence-electron chi connectivity index (χ3n) is 3.70. The number of hydrogen-bond acceptors (Lipinski definition) is 2. The molecule has 1 N–H and O–H groups in total. The van der Waals surface area contributed by atoms with Gasteiger partial charge >= 0.3 is 0 Å². The molecule has 2 aromatic heterocycles. The molecule has 21 heavy (non-hydrogen) atoms. The minimum atomic E-state index is 0.797. The van der Waals surface area contributed by atoms with Crippen LogP contribution in [0.5, 0.6) is 0 Å². The van der Waals surface area contributed by atoms with Crippen LogP contribution in [0.4, 0.5) is 0 Å². The van der Waals surface area contributed by atoms with E-state index in [-0.39, 0.29) is 0 Å². The molecule has 4 heteroatoms. The van der Waals surface area contributed by atoms with Crippen LogP contribution in [-0.2, 0) is 13.1 Å². The fourth-order valence-electron chi connectivity index (χ4n) is 2.50. The number of rotatable bonds is 4. The quantitative estimate of drug-likeness (QED) is 0.775. The first-order valence-corrected chi connectivity index (χ1v) is 7.82. The summed E-state index contributed by atoms with van der Waals surface area (Å²) in [7, 11) is 0. The SMILES string of the molecule is Cc1cccc(CNCc2cnc3c(C)cccn23)c1Br. The summed E-state index contributed by atoms with van der Waals surface area (Å²) in [6.45, 7) is 5.83. The van der Waals surface area contributed by atoms with Gasteiger partial charge in [-0.05, 0) is 36.6 Å². The van der Waals surface area contributed by atoms with Gasteiger partial charge in [0.1, 0.15) is 5.65 Å². The van der Waals surface area contributed by atoms with Gasteiger partial charge in [0.25, 0.3) is 0 Å². The van der Waals surface area contributed by atoms with Crippen molar-refractivity contribution in [3.8, 4) is 0 Å². The summed E-state index contributed by atoms with van der Waals surface area (Å²) in [5.41, 5.74) is 5.95. The largest absolute Gasteiger partial charge is 0.307 e. The Bertz CT molecular complexity index is 777. The monoisotopic (exact) mass is 343 g/mol. The number of halogens is 1. The Morgan fingerprint density at radius 3 is 2.76 bits per heavy atom. The maximum atomic E-state index is 4.49. The summed E-state index contributed by atoms with van der Waals surface area (Å²) < 4.78 is 3.33. The minimum Gasteiger partial charge on any atom is -0.307 e. The highest BCUT2D eigenvalue weighted by atomic mass is 79.9. The van der Waals surface area contributed by atoms with Gasteiger partial charge in [-0.3, -0.25) is 0 Å². The second kappa shape index (κ2) is 6.00. The summed E-state index contributed by atoms with van der Waals surface area (Å²) in [5, 5.41) is 3.49. The molecule has 1 aromatic carbocycles. The van der Waals surface area contributed by atoms with Gasteiger partial charge in [-0.1, -0.05) is 40.2 Å². The van der Waals surface area contributed by atoms with E-state index in [9.17, 15) is 0 Å². The van der Waals surface area contributed by atoms with E-state index in [0.29, 0.717) is 0 Å². The van der Waals surface area contributed by atoms with Crippen molar-refractivity contribution >= 4 is 21.6 Å². The lowest BCUT2D eigenvalue weighted by Gasteiger charge is -2.09. The van der Waals surface area contributed by atoms with Gasteiger partial charge in [0.15, 0.2) is 0 Å². The average molecular weight is 344 g/mol. The highest BCUT2D eigenvalue weighted by Gasteiger charge is 2.06. The lowest BCUT2D eigenvalue weighted by Crippen LogP contribution is -2.14. The Morgan fingerprint density at radius 2 is 1.90 bits per heavy atom. The van der Waals surface area contributed by atoms with Crippen molar-refractivity contribution in [2.75, 3.05) is 0 Å². The van der Waals surface area contributed by atoms with E-state index in [0.717, 1.165) is 18.7 Å². The second-order valence-electron chi connectivity index (χ2n) is 5.29. The van der Waals surface area contributed by atoms with E-state index in [1.807, 2.05) is 6.20 Å². The van der Waals surface area contributed by atoms with Crippen LogP contribution in [0.25, 0.3) is 5.65 Å². The Kier molecular flexibility index (Phi) is 4.08. The van der Waals surface area contributed by atoms with E-state index < -0.39 is 0 Å². The zero-order valence-corrected chi connectivity index (χ0v) is 13.8. The number of pyridine rings is 1. The first-order chi connectivity index (χ1) is 10.2. The standard InChI is InChI=1S/C17H18BrN3/c1-12-5-3-7-14(16(12)18)9-19-10-15-11-20-17-13(2)6-4-8-21(15)17/h3-8,11,19H,9-10H2,1-2H3.